The van der Waals surface area contributed by atoms with Crippen LogP contribution in [0, 0.1) is 6.92 Å². The standard InChI is InChI=1S/C14H19BrN2O2/c1-10-3-4-11(9-12(10)15)17-7-8-19-13(14(17)18)5-6-16-2/h3-4,9,13,16H,5-8H2,1-2H3. The summed E-state index contributed by atoms with van der Waals surface area (Å²) in [7, 11) is 1.88. The topological polar surface area (TPSA) is 41.6 Å². The number of anilines is 1. The second-order valence-corrected chi connectivity index (χ2v) is 5.53. The molecule has 1 unspecified atom stereocenters. The molecule has 2 rings (SSSR count). The number of hydrogen-bond donors (Lipinski definition) is 1. The van der Waals surface area contributed by atoms with Gasteiger partial charge in [-0.1, -0.05) is 22.0 Å². The second-order valence-electron chi connectivity index (χ2n) is 4.68. The summed E-state index contributed by atoms with van der Waals surface area (Å²) in [5.41, 5.74) is 2.09. The van der Waals surface area contributed by atoms with Gasteiger partial charge in [0.1, 0.15) is 6.10 Å². The minimum atomic E-state index is -0.332. The molecule has 1 fully saturated rings. The number of ether oxygens (including phenoxy) is 1. The Balaban J connectivity index is 2.14. The molecule has 1 aliphatic rings. The van der Waals surface area contributed by atoms with E-state index in [2.05, 4.69) is 21.2 Å². The summed E-state index contributed by atoms with van der Waals surface area (Å²) in [6, 6.07) is 6.00. The normalized spacial score (nSPS) is 19.8. The quantitative estimate of drug-likeness (QED) is 0.921. The van der Waals surface area contributed by atoms with Gasteiger partial charge in [-0.3, -0.25) is 4.79 Å². The molecule has 0 aromatic heterocycles. The van der Waals surface area contributed by atoms with Gasteiger partial charge in [-0.05, 0) is 44.6 Å². The van der Waals surface area contributed by atoms with E-state index in [1.54, 1.807) is 0 Å². The number of benzene rings is 1. The van der Waals surface area contributed by atoms with E-state index < -0.39 is 0 Å². The molecule has 19 heavy (non-hydrogen) atoms. The Morgan fingerprint density at radius 3 is 3.00 bits per heavy atom. The van der Waals surface area contributed by atoms with Gasteiger partial charge < -0.3 is 15.0 Å². The van der Waals surface area contributed by atoms with Crippen molar-refractivity contribution in [2.75, 3.05) is 31.6 Å². The Morgan fingerprint density at radius 1 is 1.53 bits per heavy atom. The van der Waals surface area contributed by atoms with Crippen LogP contribution in [0.2, 0.25) is 0 Å². The molecule has 5 heteroatoms. The van der Waals surface area contributed by atoms with Crippen LogP contribution < -0.4 is 10.2 Å². The van der Waals surface area contributed by atoms with Crippen molar-refractivity contribution in [2.24, 2.45) is 0 Å². The number of aryl methyl sites for hydroxylation is 1. The molecule has 0 spiro atoms. The number of hydrogen-bond acceptors (Lipinski definition) is 3. The largest absolute Gasteiger partial charge is 0.366 e. The molecule has 0 radical (unpaired) electrons. The van der Waals surface area contributed by atoms with Gasteiger partial charge >= 0.3 is 0 Å². The van der Waals surface area contributed by atoms with Crippen molar-refractivity contribution < 1.29 is 9.53 Å². The highest BCUT2D eigenvalue weighted by atomic mass is 79.9. The molecule has 1 aromatic carbocycles. The third-order valence-corrected chi connectivity index (χ3v) is 4.15. The summed E-state index contributed by atoms with van der Waals surface area (Å²) in [6.45, 7) is 4.02. The molecule has 0 aliphatic carbocycles. The van der Waals surface area contributed by atoms with Crippen molar-refractivity contribution >= 4 is 27.5 Å². The Hall–Kier alpha value is -0.910. The van der Waals surface area contributed by atoms with Gasteiger partial charge in [0.25, 0.3) is 5.91 Å². The predicted molar refractivity (Wildman–Crippen MR) is 79.5 cm³/mol. The number of morpholine rings is 1. The van der Waals surface area contributed by atoms with E-state index in [-0.39, 0.29) is 12.0 Å². The van der Waals surface area contributed by atoms with Crippen LogP contribution in [0.25, 0.3) is 0 Å². The molecule has 0 bridgehead atoms. The van der Waals surface area contributed by atoms with E-state index in [1.165, 1.54) is 0 Å². The van der Waals surface area contributed by atoms with Crippen LogP contribution >= 0.6 is 15.9 Å². The van der Waals surface area contributed by atoms with E-state index in [0.29, 0.717) is 19.6 Å². The third-order valence-electron chi connectivity index (χ3n) is 3.30. The Morgan fingerprint density at radius 2 is 2.32 bits per heavy atom. The first-order valence-corrected chi connectivity index (χ1v) is 7.26. The summed E-state index contributed by atoms with van der Waals surface area (Å²) in [4.78, 5) is 14.2. The minimum absolute atomic E-state index is 0.0530. The van der Waals surface area contributed by atoms with Gasteiger partial charge in [0.05, 0.1) is 6.61 Å². The molecular formula is C14H19BrN2O2. The minimum Gasteiger partial charge on any atom is -0.366 e. The number of rotatable bonds is 4. The summed E-state index contributed by atoms with van der Waals surface area (Å²) < 4.78 is 6.58. The molecular weight excluding hydrogens is 308 g/mol. The fourth-order valence-electron chi connectivity index (χ4n) is 2.13. The fourth-order valence-corrected chi connectivity index (χ4v) is 2.50. The molecule has 0 saturated carbocycles. The smallest absolute Gasteiger partial charge is 0.256 e. The van der Waals surface area contributed by atoms with Crippen molar-refractivity contribution in [1.29, 1.82) is 0 Å². The second kappa shape index (κ2) is 6.50. The van der Waals surface area contributed by atoms with Gasteiger partial charge in [-0.2, -0.15) is 0 Å². The first-order chi connectivity index (χ1) is 9.13. The van der Waals surface area contributed by atoms with Gasteiger partial charge in [0.2, 0.25) is 0 Å². The zero-order chi connectivity index (χ0) is 13.8. The van der Waals surface area contributed by atoms with Crippen molar-refractivity contribution in [1.82, 2.24) is 5.32 Å². The monoisotopic (exact) mass is 326 g/mol. The number of halogens is 1. The van der Waals surface area contributed by atoms with E-state index in [0.717, 1.165) is 22.3 Å². The highest BCUT2D eigenvalue weighted by Crippen LogP contribution is 2.26. The Bertz CT molecular complexity index is 465. The maximum absolute atomic E-state index is 12.4. The van der Waals surface area contributed by atoms with Gasteiger partial charge in [0, 0.05) is 16.7 Å². The molecule has 1 heterocycles. The molecule has 1 saturated heterocycles. The van der Waals surface area contributed by atoms with Crippen LogP contribution in [0.3, 0.4) is 0 Å². The first-order valence-electron chi connectivity index (χ1n) is 6.47. The highest BCUT2D eigenvalue weighted by molar-refractivity contribution is 9.10. The van der Waals surface area contributed by atoms with Crippen LogP contribution in [0.1, 0.15) is 12.0 Å². The van der Waals surface area contributed by atoms with Crippen molar-refractivity contribution in [2.45, 2.75) is 19.4 Å². The fraction of sp³-hybridized carbons (Fsp3) is 0.500. The zero-order valence-electron chi connectivity index (χ0n) is 11.3. The van der Waals surface area contributed by atoms with Gasteiger partial charge in [-0.25, -0.2) is 0 Å². The third kappa shape index (κ3) is 3.35. The number of amides is 1. The van der Waals surface area contributed by atoms with E-state index >= 15 is 0 Å². The van der Waals surface area contributed by atoms with Crippen LogP contribution in [0.5, 0.6) is 0 Å². The predicted octanol–water partition coefficient (Wildman–Crippen LogP) is 2.10. The summed E-state index contributed by atoms with van der Waals surface area (Å²) in [6.07, 6.45) is 0.375. The van der Waals surface area contributed by atoms with E-state index in [9.17, 15) is 4.79 Å². The molecule has 1 aromatic rings. The molecule has 1 aliphatic heterocycles. The Kier molecular flexibility index (Phi) is 4.96. The van der Waals surface area contributed by atoms with Crippen LogP contribution in [0.4, 0.5) is 5.69 Å². The maximum Gasteiger partial charge on any atom is 0.256 e. The molecule has 1 N–H and O–H groups in total. The number of carbonyl (C=O) groups is 1. The van der Waals surface area contributed by atoms with Crippen LogP contribution in [0.15, 0.2) is 22.7 Å². The van der Waals surface area contributed by atoms with Crippen LogP contribution in [-0.4, -0.2) is 38.8 Å². The first kappa shape index (κ1) is 14.5. The van der Waals surface area contributed by atoms with Gasteiger partial charge in [0.15, 0.2) is 0 Å². The number of nitrogens with one attached hydrogen (secondary N) is 1. The SMILES string of the molecule is CNCCC1OCCN(c2ccc(C)c(Br)c2)C1=O. The molecule has 1 atom stereocenters. The lowest BCUT2D eigenvalue weighted by Gasteiger charge is -2.32. The van der Waals surface area contributed by atoms with Gasteiger partial charge in [-0.15, -0.1) is 0 Å². The molecule has 1 amide bonds. The number of carbonyl (C=O) groups excluding carboxylic acids is 1. The molecule has 104 valence electrons. The van der Waals surface area contributed by atoms with E-state index in [4.69, 9.17) is 4.74 Å². The molecule has 4 nitrogen and oxygen atoms in total. The van der Waals surface area contributed by atoms with Crippen LogP contribution in [-0.2, 0) is 9.53 Å². The van der Waals surface area contributed by atoms with Crippen molar-refractivity contribution in [3.63, 3.8) is 0 Å². The lowest BCUT2D eigenvalue weighted by Crippen LogP contribution is -2.48. The summed E-state index contributed by atoms with van der Waals surface area (Å²) in [5, 5.41) is 3.05. The summed E-state index contributed by atoms with van der Waals surface area (Å²) in [5.74, 6) is 0.0530. The van der Waals surface area contributed by atoms with E-state index in [1.807, 2.05) is 37.1 Å². The lowest BCUT2D eigenvalue weighted by molar-refractivity contribution is -0.134. The van der Waals surface area contributed by atoms with Crippen molar-refractivity contribution in [3.05, 3.63) is 28.2 Å². The highest BCUT2D eigenvalue weighted by Gasteiger charge is 2.30. The zero-order valence-corrected chi connectivity index (χ0v) is 12.9. The summed E-state index contributed by atoms with van der Waals surface area (Å²) >= 11 is 3.51. The maximum atomic E-state index is 12.4. The lowest BCUT2D eigenvalue weighted by atomic mass is 10.1. The van der Waals surface area contributed by atoms with Crippen molar-refractivity contribution in [3.8, 4) is 0 Å². The number of nitrogens with zero attached hydrogens (tertiary/aromatic N) is 1. The average Bonchev–Trinajstić information content (AvgIpc) is 2.41. The average molecular weight is 327 g/mol. The Labute approximate surface area is 122 Å².